The summed E-state index contributed by atoms with van der Waals surface area (Å²) in [5.74, 6) is 0. The van der Waals surface area contributed by atoms with Gasteiger partial charge < -0.3 is 0 Å². The van der Waals surface area contributed by atoms with Crippen LogP contribution in [0.5, 0.6) is 0 Å². The van der Waals surface area contributed by atoms with Crippen molar-refractivity contribution in [3.05, 3.63) is 41.3 Å². The number of nitrogens with zero attached hydrogens (tertiary/aromatic N) is 3. The molecule has 0 fully saturated rings. The van der Waals surface area contributed by atoms with Crippen LogP contribution in [0.15, 0.2) is 36.4 Å². The fraction of sp³-hybridized carbons (Fsp3) is 0.0909. The molecule has 2 heterocycles. The minimum atomic E-state index is 0.934. The minimum absolute atomic E-state index is 0.934. The number of hydrogen-bond acceptors (Lipinski definition) is 3. The van der Waals surface area contributed by atoms with Crippen LogP contribution in [0, 0.1) is 6.92 Å². The molecule has 0 amide bonds. The predicted octanol–water partition coefficient (Wildman–Crippen LogP) is 2.79. The molecular weight excluding hydrogens is 206 g/mol. The fourth-order valence-electron chi connectivity index (χ4n) is 1.57. The Labute approximate surface area is 91.0 Å². The summed E-state index contributed by atoms with van der Waals surface area (Å²) in [5, 5.41) is 9.39. The van der Waals surface area contributed by atoms with Crippen LogP contribution < -0.4 is 0 Å². The van der Waals surface area contributed by atoms with Crippen molar-refractivity contribution in [1.82, 2.24) is 15.0 Å². The molecule has 0 N–H and O–H groups in total. The van der Waals surface area contributed by atoms with Crippen molar-refractivity contribution in [2.75, 3.05) is 0 Å². The predicted molar refractivity (Wildman–Crippen MR) is 61.5 cm³/mol. The Balaban J connectivity index is 2.27. The van der Waals surface area contributed by atoms with Gasteiger partial charge in [0.2, 0.25) is 0 Å². The van der Waals surface area contributed by atoms with Crippen molar-refractivity contribution < 1.29 is 0 Å². The number of rotatable bonds is 1. The Morgan fingerprint density at radius 3 is 2.80 bits per heavy atom. The second-order valence-electron chi connectivity index (χ2n) is 3.37. The van der Waals surface area contributed by atoms with E-state index in [1.807, 2.05) is 28.9 Å². The SMILES string of the molecule is Cc1ccc(-n2nnc3ccccc32)s1. The van der Waals surface area contributed by atoms with Gasteiger partial charge in [0.15, 0.2) is 0 Å². The Morgan fingerprint density at radius 1 is 1.13 bits per heavy atom. The molecule has 0 spiro atoms. The highest BCUT2D eigenvalue weighted by molar-refractivity contribution is 7.14. The summed E-state index contributed by atoms with van der Waals surface area (Å²) in [5.41, 5.74) is 1.99. The average molecular weight is 215 g/mol. The van der Waals surface area contributed by atoms with Gasteiger partial charge in [-0.15, -0.1) is 16.4 Å². The lowest BCUT2D eigenvalue weighted by molar-refractivity contribution is 0.835. The average Bonchev–Trinajstić information content (AvgIpc) is 2.83. The smallest absolute Gasteiger partial charge is 0.120 e. The van der Waals surface area contributed by atoms with Gasteiger partial charge in [-0.1, -0.05) is 17.3 Å². The molecular formula is C11H9N3S. The van der Waals surface area contributed by atoms with E-state index in [0.29, 0.717) is 0 Å². The maximum atomic E-state index is 4.16. The third-order valence-electron chi connectivity index (χ3n) is 2.29. The first-order valence-electron chi connectivity index (χ1n) is 4.72. The second-order valence-corrected chi connectivity index (χ2v) is 4.64. The van der Waals surface area contributed by atoms with E-state index in [1.165, 1.54) is 4.88 Å². The first-order chi connectivity index (χ1) is 7.34. The molecule has 2 aromatic heterocycles. The van der Waals surface area contributed by atoms with Gasteiger partial charge in [-0.05, 0) is 31.2 Å². The zero-order valence-electron chi connectivity index (χ0n) is 8.21. The molecule has 0 saturated carbocycles. The van der Waals surface area contributed by atoms with E-state index in [4.69, 9.17) is 0 Å². The second kappa shape index (κ2) is 3.17. The van der Waals surface area contributed by atoms with Crippen LogP contribution in [0.25, 0.3) is 16.0 Å². The maximum absolute atomic E-state index is 4.16. The summed E-state index contributed by atoms with van der Waals surface area (Å²) in [6, 6.07) is 12.1. The van der Waals surface area contributed by atoms with Gasteiger partial charge in [-0.2, -0.15) is 0 Å². The van der Waals surface area contributed by atoms with E-state index in [-0.39, 0.29) is 0 Å². The van der Waals surface area contributed by atoms with Crippen molar-refractivity contribution in [2.24, 2.45) is 0 Å². The van der Waals surface area contributed by atoms with Gasteiger partial charge >= 0.3 is 0 Å². The molecule has 0 aliphatic heterocycles. The number of benzene rings is 1. The van der Waals surface area contributed by atoms with Crippen molar-refractivity contribution in [2.45, 2.75) is 6.92 Å². The van der Waals surface area contributed by atoms with E-state index in [0.717, 1.165) is 16.0 Å². The zero-order valence-corrected chi connectivity index (χ0v) is 9.03. The Morgan fingerprint density at radius 2 is 2.00 bits per heavy atom. The largest absolute Gasteiger partial charge is 0.203 e. The van der Waals surface area contributed by atoms with E-state index in [2.05, 4.69) is 29.4 Å². The van der Waals surface area contributed by atoms with Gasteiger partial charge in [-0.25, -0.2) is 4.68 Å². The molecule has 74 valence electrons. The monoisotopic (exact) mass is 215 g/mol. The van der Waals surface area contributed by atoms with E-state index < -0.39 is 0 Å². The lowest BCUT2D eigenvalue weighted by Gasteiger charge is -1.95. The molecule has 3 aromatic rings. The molecule has 0 unspecified atom stereocenters. The maximum Gasteiger partial charge on any atom is 0.120 e. The number of aryl methyl sites for hydroxylation is 1. The summed E-state index contributed by atoms with van der Waals surface area (Å²) in [7, 11) is 0. The quantitative estimate of drug-likeness (QED) is 0.625. The van der Waals surface area contributed by atoms with Gasteiger partial charge in [0.05, 0.1) is 5.52 Å². The molecule has 4 heteroatoms. The highest BCUT2D eigenvalue weighted by Gasteiger charge is 2.06. The number of fused-ring (bicyclic) bond motifs is 1. The van der Waals surface area contributed by atoms with Crippen LogP contribution in [0.4, 0.5) is 0 Å². The summed E-state index contributed by atoms with van der Waals surface area (Å²) in [6.07, 6.45) is 0. The van der Waals surface area contributed by atoms with Crippen molar-refractivity contribution in [3.8, 4) is 5.00 Å². The number of hydrogen-bond donors (Lipinski definition) is 0. The summed E-state index contributed by atoms with van der Waals surface area (Å²) < 4.78 is 1.88. The Bertz CT molecular complexity index is 609. The van der Waals surface area contributed by atoms with Crippen molar-refractivity contribution >= 4 is 22.4 Å². The number of thiophene rings is 1. The fourth-order valence-corrected chi connectivity index (χ4v) is 2.39. The molecule has 3 rings (SSSR count). The van der Waals surface area contributed by atoms with Gasteiger partial charge in [0, 0.05) is 4.88 Å². The van der Waals surface area contributed by atoms with Crippen LogP contribution in [0.3, 0.4) is 0 Å². The topological polar surface area (TPSA) is 30.7 Å². The summed E-state index contributed by atoms with van der Waals surface area (Å²) in [4.78, 5) is 1.28. The normalized spacial score (nSPS) is 11.0. The summed E-state index contributed by atoms with van der Waals surface area (Å²) in [6.45, 7) is 2.09. The van der Waals surface area contributed by atoms with Gasteiger partial charge in [-0.3, -0.25) is 0 Å². The number of para-hydroxylation sites is 1. The third kappa shape index (κ3) is 1.34. The lowest BCUT2D eigenvalue weighted by atomic mass is 10.3. The standard InChI is InChI=1S/C11H9N3S/c1-8-6-7-11(15-8)14-10-5-3-2-4-9(10)12-13-14/h2-7H,1H3. The molecule has 0 aliphatic carbocycles. The number of aromatic nitrogens is 3. The molecule has 0 atom stereocenters. The van der Waals surface area contributed by atoms with Crippen LogP contribution in [-0.2, 0) is 0 Å². The first kappa shape index (κ1) is 8.61. The molecule has 0 saturated heterocycles. The molecule has 0 radical (unpaired) electrons. The molecule has 15 heavy (non-hydrogen) atoms. The van der Waals surface area contributed by atoms with Crippen LogP contribution in [-0.4, -0.2) is 15.0 Å². The Hall–Kier alpha value is -1.68. The van der Waals surface area contributed by atoms with E-state index in [1.54, 1.807) is 11.3 Å². The van der Waals surface area contributed by atoms with Crippen molar-refractivity contribution in [3.63, 3.8) is 0 Å². The van der Waals surface area contributed by atoms with Crippen LogP contribution in [0.2, 0.25) is 0 Å². The lowest BCUT2D eigenvalue weighted by Crippen LogP contribution is -1.92. The van der Waals surface area contributed by atoms with Crippen LogP contribution in [0.1, 0.15) is 4.88 Å². The Kier molecular flexibility index (Phi) is 1.82. The first-order valence-corrected chi connectivity index (χ1v) is 5.53. The highest BCUT2D eigenvalue weighted by atomic mass is 32.1. The molecule has 3 nitrogen and oxygen atoms in total. The van der Waals surface area contributed by atoms with Gasteiger partial charge in [0.1, 0.15) is 10.5 Å². The van der Waals surface area contributed by atoms with E-state index >= 15 is 0 Å². The third-order valence-corrected chi connectivity index (χ3v) is 3.26. The summed E-state index contributed by atoms with van der Waals surface area (Å²) >= 11 is 1.72. The zero-order chi connectivity index (χ0) is 10.3. The molecule has 1 aromatic carbocycles. The molecule has 0 aliphatic rings. The van der Waals surface area contributed by atoms with E-state index in [9.17, 15) is 0 Å². The minimum Gasteiger partial charge on any atom is -0.203 e. The van der Waals surface area contributed by atoms with Gasteiger partial charge in [0.25, 0.3) is 0 Å². The highest BCUT2D eigenvalue weighted by Crippen LogP contribution is 2.22. The molecule has 0 bridgehead atoms. The van der Waals surface area contributed by atoms with Crippen molar-refractivity contribution in [1.29, 1.82) is 0 Å². The van der Waals surface area contributed by atoms with Crippen LogP contribution >= 0.6 is 11.3 Å².